The molecule has 3 nitrogen and oxygen atoms in total. The number of hydrogen-bond donors (Lipinski definition) is 1. The van der Waals surface area contributed by atoms with Crippen LogP contribution in [0.4, 0.5) is 4.79 Å². The Morgan fingerprint density at radius 2 is 1.83 bits per heavy atom. The molecule has 0 saturated carbocycles. The fourth-order valence-corrected chi connectivity index (χ4v) is 1.69. The van der Waals surface area contributed by atoms with Crippen molar-refractivity contribution in [2.24, 2.45) is 0 Å². The number of carbonyl (C=O) groups excluding carboxylic acids is 1. The van der Waals surface area contributed by atoms with Crippen molar-refractivity contribution in [1.29, 1.82) is 0 Å². The van der Waals surface area contributed by atoms with E-state index < -0.39 is 0 Å². The first-order valence-electron chi connectivity index (χ1n) is 6.77. The maximum atomic E-state index is 11.4. The summed E-state index contributed by atoms with van der Waals surface area (Å²) in [5.74, 6) is 0. The largest absolute Gasteiger partial charge is 0.445 e. The third kappa shape index (κ3) is 6.94. The quantitative estimate of drug-likeness (QED) is 0.710. The zero-order chi connectivity index (χ0) is 13.1. The molecule has 18 heavy (non-hydrogen) atoms. The normalized spacial score (nSPS) is 10.1. The first-order chi connectivity index (χ1) is 8.83. The minimum atomic E-state index is -0.325. The molecule has 1 amide bonds. The molecule has 100 valence electrons. The minimum absolute atomic E-state index is 0.325. The summed E-state index contributed by atoms with van der Waals surface area (Å²) in [5.41, 5.74) is 1.01. The summed E-state index contributed by atoms with van der Waals surface area (Å²) < 4.78 is 5.11. The van der Waals surface area contributed by atoms with Gasteiger partial charge in [-0.3, -0.25) is 0 Å². The molecule has 0 heterocycles. The molecule has 0 aliphatic rings. The number of amides is 1. The van der Waals surface area contributed by atoms with Crippen molar-refractivity contribution in [1.82, 2.24) is 5.32 Å². The van der Waals surface area contributed by atoms with Crippen LogP contribution in [-0.2, 0) is 11.3 Å². The van der Waals surface area contributed by atoms with Crippen molar-refractivity contribution in [3.05, 3.63) is 35.9 Å². The van der Waals surface area contributed by atoms with Gasteiger partial charge in [0.05, 0.1) is 0 Å². The van der Waals surface area contributed by atoms with Crippen LogP contribution in [0.3, 0.4) is 0 Å². The molecule has 0 aromatic heterocycles. The van der Waals surface area contributed by atoms with Crippen molar-refractivity contribution >= 4 is 6.09 Å². The lowest BCUT2D eigenvalue weighted by Crippen LogP contribution is -2.25. The minimum Gasteiger partial charge on any atom is -0.445 e. The third-order valence-corrected chi connectivity index (χ3v) is 2.76. The molecule has 0 saturated heterocycles. The van der Waals surface area contributed by atoms with Crippen LogP contribution >= 0.6 is 0 Å². The van der Waals surface area contributed by atoms with E-state index in [9.17, 15) is 4.79 Å². The molecule has 0 radical (unpaired) electrons. The lowest BCUT2D eigenvalue weighted by molar-refractivity contribution is 0.139. The molecular formula is C15H23NO2. The van der Waals surface area contributed by atoms with Gasteiger partial charge in [-0.05, 0) is 12.0 Å². The van der Waals surface area contributed by atoms with Gasteiger partial charge in [0, 0.05) is 6.54 Å². The van der Waals surface area contributed by atoms with E-state index in [1.165, 1.54) is 25.7 Å². The van der Waals surface area contributed by atoms with Crippen LogP contribution in [0, 0.1) is 0 Å². The highest BCUT2D eigenvalue weighted by molar-refractivity contribution is 5.67. The fourth-order valence-electron chi connectivity index (χ4n) is 1.69. The van der Waals surface area contributed by atoms with Gasteiger partial charge < -0.3 is 10.1 Å². The first-order valence-corrected chi connectivity index (χ1v) is 6.77. The highest BCUT2D eigenvalue weighted by Gasteiger charge is 2.01. The number of carbonyl (C=O) groups is 1. The zero-order valence-corrected chi connectivity index (χ0v) is 11.2. The number of rotatable bonds is 8. The van der Waals surface area contributed by atoms with E-state index in [-0.39, 0.29) is 6.09 Å². The van der Waals surface area contributed by atoms with Gasteiger partial charge in [0.1, 0.15) is 6.61 Å². The number of hydrogen-bond acceptors (Lipinski definition) is 2. The van der Waals surface area contributed by atoms with E-state index in [0.29, 0.717) is 13.2 Å². The average molecular weight is 249 g/mol. The van der Waals surface area contributed by atoms with Crippen LogP contribution in [-0.4, -0.2) is 12.6 Å². The second kappa shape index (κ2) is 9.51. The van der Waals surface area contributed by atoms with Crippen LogP contribution in [0.25, 0.3) is 0 Å². The average Bonchev–Trinajstić information content (AvgIpc) is 2.41. The molecule has 1 N–H and O–H groups in total. The topological polar surface area (TPSA) is 38.3 Å². The highest BCUT2D eigenvalue weighted by atomic mass is 16.5. The number of unbranched alkanes of at least 4 members (excludes halogenated alkanes) is 4. The Labute approximate surface area is 110 Å². The molecule has 3 heteroatoms. The number of benzene rings is 1. The molecule has 1 rings (SSSR count). The second-order valence-corrected chi connectivity index (χ2v) is 4.40. The van der Waals surface area contributed by atoms with Gasteiger partial charge in [0.25, 0.3) is 0 Å². The molecule has 1 aromatic carbocycles. The molecule has 0 bridgehead atoms. The Balaban J connectivity index is 2.01. The lowest BCUT2D eigenvalue weighted by Gasteiger charge is -2.06. The zero-order valence-electron chi connectivity index (χ0n) is 11.2. The van der Waals surface area contributed by atoms with E-state index in [4.69, 9.17) is 4.74 Å². The Kier molecular flexibility index (Phi) is 7.69. The van der Waals surface area contributed by atoms with E-state index in [0.717, 1.165) is 12.0 Å². The van der Waals surface area contributed by atoms with Crippen molar-refractivity contribution in [3.63, 3.8) is 0 Å². The van der Waals surface area contributed by atoms with E-state index >= 15 is 0 Å². The standard InChI is InChI=1S/C15H23NO2/c1-2-3-4-5-9-12-16-15(17)18-13-14-10-7-6-8-11-14/h6-8,10-11H,2-5,9,12-13H2,1H3,(H,16,17). The van der Waals surface area contributed by atoms with Crippen molar-refractivity contribution in [3.8, 4) is 0 Å². The van der Waals surface area contributed by atoms with Crippen LogP contribution in [0.1, 0.15) is 44.6 Å². The van der Waals surface area contributed by atoms with Crippen molar-refractivity contribution in [2.45, 2.75) is 45.6 Å². The molecule has 0 unspecified atom stereocenters. The molecular weight excluding hydrogens is 226 g/mol. The number of ether oxygens (including phenoxy) is 1. The van der Waals surface area contributed by atoms with Crippen LogP contribution in [0.2, 0.25) is 0 Å². The van der Waals surface area contributed by atoms with Gasteiger partial charge in [0.15, 0.2) is 0 Å². The highest BCUT2D eigenvalue weighted by Crippen LogP contribution is 2.02. The Morgan fingerprint density at radius 1 is 1.11 bits per heavy atom. The maximum absolute atomic E-state index is 11.4. The van der Waals surface area contributed by atoms with Gasteiger partial charge in [-0.15, -0.1) is 0 Å². The van der Waals surface area contributed by atoms with E-state index in [1.54, 1.807) is 0 Å². The van der Waals surface area contributed by atoms with Crippen LogP contribution in [0.15, 0.2) is 30.3 Å². The summed E-state index contributed by atoms with van der Waals surface area (Å²) in [6.45, 7) is 3.24. The van der Waals surface area contributed by atoms with Gasteiger partial charge in [-0.1, -0.05) is 62.9 Å². The predicted molar refractivity (Wildman–Crippen MR) is 73.4 cm³/mol. The Morgan fingerprint density at radius 3 is 2.56 bits per heavy atom. The summed E-state index contributed by atoms with van der Waals surface area (Å²) in [7, 11) is 0. The summed E-state index contributed by atoms with van der Waals surface area (Å²) in [6, 6.07) is 9.70. The van der Waals surface area contributed by atoms with Crippen molar-refractivity contribution in [2.75, 3.05) is 6.54 Å². The Bertz CT molecular complexity index is 325. The van der Waals surface area contributed by atoms with Gasteiger partial charge >= 0.3 is 6.09 Å². The summed E-state index contributed by atoms with van der Waals surface area (Å²) >= 11 is 0. The van der Waals surface area contributed by atoms with Gasteiger partial charge in [-0.2, -0.15) is 0 Å². The van der Waals surface area contributed by atoms with Gasteiger partial charge in [0.2, 0.25) is 0 Å². The molecule has 0 atom stereocenters. The number of alkyl carbamates (subject to hydrolysis) is 1. The van der Waals surface area contributed by atoms with Crippen LogP contribution < -0.4 is 5.32 Å². The molecule has 1 aromatic rings. The smallest absolute Gasteiger partial charge is 0.407 e. The molecule has 0 aliphatic carbocycles. The van der Waals surface area contributed by atoms with Crippen molar-refractivity contribution < 1.29 is 9.53 Å². The van der Waals surface area contributed by atoms with E-state index in [2.05, 4.69) is 12.2 Å². The molecule has 0 spiro atoms. The Hall–Kier alpha value is -1.51. The second-order valence-electron chi connectivity index (χ2n) is 4.40. The lowest BCUT2D eigenvalue weighted by atomic mass is 10.1. The third-order valence-electron chi connectivity index (χ3n) is 2.76. The van der Waals surface area contributed by atoms with Crippen LogP contribution in [0.5, 0.6) is 0 Å². The summed E-state index contributed by atoms with van der Waals surface area (Å²) in [5, 5.41) is 2.77. The van der Waals surface area contributed by atoms with Gasteiger partial charge in [-0.25, -0.2) is 4.79 Å². The van der Waals surface area contributed by atoms with E-state index in [1.807, 2.05) is 30.3 Å². The maximum Gasteiger partial charge on any atom is 0.407 e. The first kappa shape index (κ1) is 14.6. The summed E-state index contributed by atoms with van der Waals surface area (Å²) in [4.78, 5) is 11.4. The fraction of sp³-hybridized carbons (Fsp3) is 0.533. The predicted octanol–water partition coefficient (Wildman–Crippen LogP) is 3.88. The number of nitrogens with one attached hydrogen (secondary N) is 1. The molecule has 0 aliphatic heterocycles. The summed E-state index contributed by atoms with van der Waals surface area (Å²) in [6.07, 6.45) is 5.64. The monoisotopic (exact) mass is 249 g/mol. The molecule has 0 fully saturated rings. The SMILES string of the molecule is CCCCCCCNC(=O)OCc1ccccc1.